The van der Waals surface area contributed by atoms with Crippen molar-refractivity contribution in [1.82, 2.24) is 5.32 Å². The zero-order valence-corrected chi connectivity index (χ0v) is 8.93. The van der Waals surface area contributed by atoms with Crippen LogP contribution in [-0.4, -0.2) is 26.2 Å². The lowest BCUT2D eigenvalue weighted by molar-refractivity contribution is 0.589. The highest BCUT2D eigenvalue weighted by Gasteiger charge is 2.09. The van der Waals surface area contributed by atoms with Crippen LogP contribution < -0.4 is 10.2 Å². The van der Waals surface area contributed by atoms with Gasteiger partial charge in [0.25, 0.3) is 0 Å². The van der Waals surface area contributed by atoms with Crippen molar-refractivity contribution in [1.29, 1.82) is 0 Å². The minimum absolute atomic E-state index is 0.599. The lowest BCUT2D eigenvalue weighted by Crippen LogP contribution is -2.43. The first-order chi connectivity index (χ1) is 6.90. The molecule has 1 aliphatic heterocycles. The van der Waals surface area contributed by atoms with Crippen molar-refractivity contribution in [2.45, 2.75) is 5.88 Å². The Balaban J connectivity index is 2.07. The molecule has 0 amide bonds. The van der Waals surface area contributed by atoms with E-state index >= 15 is 0 Å². The monoisotopic (exact) mass is 210 g/mol. The topological polar surface area (TPSA) is 15.3 Å². The number of alkyl halides is 1. The molecule has 3 heteroatoms. The van der Waals surface area contributed by atoms with E-state index in [1.807, 2.05) is 0 Å². The second-order valence-corrected chi connectivity index (χ2v) is 3.80. The molecule has 14 heavy (non-hydrogen) atoms. The summed E-state index contributed by atoms with van der Waals surface area (Å²) in [7, 11) is 0. The van der Waals surface area contributed by atoms with Gasteiger partial charge in [-0.3, -0.25) is 0 Å². The fourth-order valence-corrected chi connectivity index (χ4v) is 1.90. The van der Waals surface area contributed by atoms with E-state index in [4.69, 9.17) is 11.6 Å². The van der Waals surface area contributed by atoms with Crippen molar-refractivity contribution in [2.75, 3.05) is 31.1 Å². The Morgan fingerprint density at radius 2 is 1.79 bits per heavy atom. The molecule has 0 saturated carbocycles. The summed E-state index contributed by atoms with van der Waals surface area (Å²) in [6.45, 7) is 4.36. The molecule has 1 N–H and O–H groups in total. The smallest absolute Gasteiger partial charge is 0.0474 e. The average Bonchev–Trinajstić information content (AvgIpc) is 2.30. The number of anilines is 1. The Kier molecular flexibility index (Phi) is 3.27. The van der Waals surface area contributed by atoms with Gasteiger partial charge in [-0.2, -0.15) is 0 Å². The van der Waals surface area contributed by atoms with Crippen LogP contribution in [0.3, 0.4) is 0 Å². The number of hydrogen-bond donors (Lipinski definition) is 1. The molecule has 1 aromatic carbocycles. The largest absolute Gasteiger partial charge is 0.369 e. The molecule has 0 unspecified atom stereocenters. The molecule has 2 nitrogen and oxygen atoms in total. The van der Waals surface area contributed by atoms with Crippen LogP contribution in [0.2, 0.25) is 0 Å². The van der Waals surface area contributed by atoms with E-state index in [9.17, 15) is 0 Å². The highest BCUT2D eigenvalue weighted by molar-refractivity contribution is 6.17. The summed E-state index contributed by atoms with van der Waals surface area (Å²) in [5.41, 5.74) is 2.49. The molecule has 1 saturated heterocycles. The average molecular weight is 211 g/mol. The van der Waals surface area contributed by atoms with E-state index in [1.165, 1.54) is 11.3 Å². The molecule has 1 fully saturated rings. The predicted octanol–water partition coefficient (Wildman–Crippen LogP) is 1.83. The zero-order valence-electron chi connectivity index (χ0n) is 8.17. The van der Waals surface area contributed by atoms with Crippen molar-refractivity contribution in [3.63, 3.8) is 0 Å². The molecule has 0 radical (unpaired) electrons. The van der Waals surface area contributed by atoms with Crippen LogP contribution in [0.25, 0.3) is 0 Å². The van der Waals surface area contributed by atoms with Crippen molar-refractivity contribution in [3.8, 4) is 0 Å². The highest BCUT2D eigenvalue weighted by atomic mass is 35.5. The Morgan fingerprint density at radius 1 is 1.14 bits per heavy atom. The van der Waals surface area contributed by atoms with Gasteiger partial charge in [0.1, 0.15) is 0 Å². The van der Waals surface area contributed by atoms with Gasteiger partial charge in [0.15, 0.2) is 0 Å². The van der Waals surface area contributed by atoms with E-state index in [0.29, 0.717) is 5.88 Å². The summed E-state index contributed by atoms with van der Waals surface area (Å²) < 4.78 is 0. The van der Waals surface area contributed by atoms with Crippen LogP contribution in [0, 0.1) is 0 Å². The van der Waals surface area contributed by atoms with Crippen LogP contribution >= 0.6 is 11.6 Å². The van der Waals surface area contributed by atoms with Gasteiger partial charge in [-0.1, -0.05) is 12.1 Å². The van der Waals surface area contributed by atoms with Crippen molar-refractivity contribution in [2.24, 2.45) is 0 Å². The van der Waals surface area contributed by atoms with Crippen LogP contribution in [0.5, 0.6) is 0 Å². The molecule has 2 rings (SSSR count). The molecular weight excluding hydrogens is 196 g/mol. The first-order valence-corrected chi connectivity index (χ1v) is 5.54. The number of nitrogens with zero attached hydrogens (tertiary/aromatic N) is 1. The normalized spacial score (nSPS) is 17.1. The van der Waals surface area contributed by atoms with Gasteiger partial charge in [0.05, 0.1) is 0 Å². The summed E-state index contributed by atoms with van der Waals surface area (Å²) in [6, 6.07) is 8.51. The molecule has 1 aromatic rings. The first kappa shape index (κ1) is 9.81. The number of piperazine rings is 1. The number of halogens is 1. The van der Waals surface area contributed by atoms with Crippen LogP contribution in [0.1, 0.15) is 5.56 Å². The van der Waals surface area contributed by atoms with Gasteiger partial charge in [-0.25, -0.2) is 0 Å². The second-order valence-electron chi connectivity index (χ2n) is 3.54. The van der Waals surface area contributed by atoms with Crippen molar-refractivity contribution in [3.05, 3.63) is 29.8 Å². The number of benzene rings is 1. The first-order valence-electron chi connectivity index (χ1n) is 5.01. The number of hydrogen-bond acceptors (Lipinski definition) is 2. The maximum absolute atomic E-state index is 5.74. The van der Waals surface area contributed by atoms with Gasteiger partial charge in [-0.15, -0.1) is 11.6 Å². The van der Waals surface area contributed by atoms with E-state index < -0.39 is 0 Å². The maximum atomic E-state index is 5.74. The van der Waals surface area contributed by atoms with E-state index in [1.54, 1.807) is 0 Å². The molecular formula is C11H15ClN2. The SMILES string of the molecule is ClCc1ccc(N2CCNCC2)cc1. The third-order valence-corrected chi connectivity index (χ3v) is 2.88. The third kappa shape index (κ3) is 2.20. The summed E-state index contributed by atoms with van der Waals surface area (Å²) >= 11 is 5.74. The van der Waals surface area contributed by atoms with Crippen LogP contribution in [0.15, 0.2) is 24.3 Å². The summed E-state index contributed by atoms with van der Waals surface area (Å²) in [6.07, 6.45) is 0. The fourth-order valence-electron chi connectivity index (χ4n) is 1.72. The van der Waals surface area contributed by atoms with Gasteiger partial charge in [0, 0.05) is 37.7 Å². The molecule has 0 atom stereocenters. The molecule has 0 bridgehead atoms. The summed E-state index contributed by atoms with van der Waals surface area (Å²) in [5.74, 6) is 0.599. The Hall–Kier alpha value is -0.730. The fraction of sp³-hybridized carbons (Fsp3) is 0.455. The second kappa shape index (κ2) is 4.67. The van der Waals surface area contributed by atoms with E-state index in [-0.39, 0.29) is 0 Å². The quantitative estimate of drug-likeness (QED) is 0.750. The number of rotatable bonds is 2. The Bertz CT molecular complexity index is 278. The predicted molar refractivity (Wildman–Crippen MR) is 61.1 cm³/mol. The molecule has 0 spiro atoms. The molecule has 0 aromatic heterocycles. The van der Waals surface area contributed by atoms with Gasteiger partial charge in [0.2, 0.25) is 0 Å². The van der Waals surface area contributed by atoms with Gasteiger partial charge < -0.3 is 10.2 Å². The van der Waals surface area contributed by atoms with Gasteiger partial charge in [-0.05, 0) is 17.7 Å². The van der Waals surface area contributed by atoms with Crippen molar-refractivity contribution >= 4 is 17.3 Å². The number of nitrogens with one attached hydrogen (secondary N) is 1. The summed E-state index contributed by atoms with van der Waals surface area (Å²) in [4.78, 5) is 2.40. The lowest BCUT2D eigenvalue weighted by Gasteiger charge is -2.29. The standard InChI is InChI=1S/C11H15ClN2/c12-9-10-1-3-11(4-2-10)14-7-5-13-6-8-14/h1-4,13H,5-9H2. The summed E-state index contributed by atoms with van der Waals surface area (Å²) in [5, 5.41) is 3.34. The van der Waals surface area contributed by atoms with Crippen molar-refractivity contribution < 1.29 is 0 Å². The minimum atomic E-state index is 0.599. The highest BCUT2D eigenvalue weighted by Crippen LogP contribution is 2.16. The zero-order chi connectivity index (χ0) is 9.80. The van der Waals surface area contributed by atoms with Crippen LogP contribution in [-0.2, 0) is 5.88 Å². The molecule has 76 valence electrons. The third-order valence-electron chi connectivity index (χ3n) is 2.57. The van der Waals surface area contributed by atoms with Gasteiger partial charge >= 0.3 is 0 Å². The van der Waals surface area contributed by atoms with E-state index in [0.717, 1.165) is 26.2 Å². The maximum Gasteiger partial charge on any atom is 0.0474 e. The Labute approximate surface area is 89.9 Å². The lowest BCUT2D eigenvalue weighted by atomic mass is 10.2. The molecule has 0 aliphatic carbocycles. The van der Waals surface area contributed by atoms with Crippen LogP contribution in [0.4, 0.5) is 5.69 Å². The molecule has 1 heterocycles. The van der Waals surface area contributed by atoms with E-state index in [2.05, 4.69) is 34.5 Å². The Morgan fingerprint density at radius 3 is 2.36 bits per heavy atom. The molecule has 1 aliphatic rings. The minimum Gasteiger partial charge on any atom is -0.369 e.